The van der Waals surface area contributed by atoms with Crippen molar-refractivity contribution in [2.75, 3.05) is 19.7 Å². The molecule has 144 valence electrons. The topological polar surface area (TPSA) is 76.5 Å². The predicted octanol–water partition coefficient (Wildman–Crippen LogP) is 1.01. The van der Waals surface area contributed by atoms with Gasteiger partial charge >= 0.3 is 0 Å². The Bertz CT molecular complexity index is 894. The van der Waals surface area contributed by atoms with Crippen molar-refractivity contribution >= 4 is 16.8 Å². The molecular formula is C20H26N4O3. The maximum Gasteiger partial charge on any atom is 0.261 e. The largest absolute Gasteiger partial charge is 0.375 e. The molecule has 1 aromatic heterocycles. The van der Waals surface area contributed by atoms with Gasteiger partial charge in [0, 0.05) is 25.2 Å². The minimum Gasteiger partial charge on any atom is -0.375 e. The van der Waals surface area contributed by atoms with Crippen LogP contribution in [0.5, 0.6) is 0 Å². The second-order valence-electron chi connectivity index (χ2n) is 7.92. The normalized spacial score (nSPS) is 25.7. The van der Waals surface area contributed by atoms with Gasteiger partial charge in [-0.1, -0.05) is 26.0 Å². The van der Waals surface area contributed by atoms with Crippen LogP contribution in [0.2, 0.25) is 0 Å². The molecule has 3 atom stereocenters. The number of ether oxygens (including phenoxy) is 1. The summed E-state index contributed by atoms with van der Waals surface area (Å²) in [5.74, 6) is 0.340. The average molecular weight is 370 g/mol. The van der Waals surface area contributed by atoms with Crippen LogP contribution in [-0.4, -0.2) is 58.2 Å². The summed E-state index contributed by atoms with van der Waals surface area (Å²) in [6.45, 7) is 6.83. The highest BCUT2D eigenvalue weighted by atomic mass is 16.5. The summed E-state index contributed by atoms with van der Waals surface area (Å²) in [7, 11) is 0. The lowest BCUT2D eigenvalue weighted by molar-refractivity contribution is -0.122. The second kappa shape index (κ2) is 7.40. The van der Waals surface area contributed by atoms with E-state index in [4.69, 9.17) is 4.74 Å². The van der Waals surface area contributed by atoms with Crippen molar-refractivity contribution in [3.63, 3.8) is 0 Å². The van der Waals surface area contributed by atoms with Gasteiger partial charge in [0.2, 0.25) is 5.91 Å². The van der Waals surface area contributed by atoms with Crippen molar-refractivity contribution < 1.29 is 9.53 Å². The molecule has 1 aromatic carbocycles. The smallest absolute Gasteiger partial charge is 0.261 e. The number of aromatic nitrogens is 2. The fourth-order valence-corrected chi connectivity index (χ4v) is 4.05. The van der Waals surface area contributed by atoms with Crippen LogP contribution in [0.1, 0.15) is 20.3 Å². The zero-order chi connectivity index (χ0) is 19.0. The summed E-state index contributed by atoms with van der Waals surface area (Å²) in [4.78, 5) is 31.7. The molecule has 0 aliphatic carbocycles. The van der Waals surface area contributed by atoms with Crippen molar-refractivity contribution in [2.24, 2.45) is 5.92 Å². The Kier molecular flexibility index (Phi) is 4.97. The highest BCUT2D eigenvalue weighted by molar-refractivity contribution is 5.79. The summed E-state index contributed by atoms with van der Waals surface area (Å²) in [6, 6.07) is 7.64. The number of fused-ring (bicyclic) bond motifs is 2. The van der Waals surface area contributed by atoms with E-state index in [1.165, 1.54) is 10.9 Å². The molecule has 2 saturated heterocycles. The van der Waals surface area contributed by atoms with Gasteiger partial charge in [-0.05, 0) is 24.5 Å². The van der Waals surface area contributed by atoms with E-state index in [1.807, 2.05) is 6.07 Å². The monoisotopic (exact) mass is 370 g/mol. The molecule has 0 saturated carbocycles. The van der Waals surface area contributed by atoms with E-state index in [9.17, 15) is 9.59 Å². The molecule has 1 N–H and O–H groups in total. The van der Waals surface area contributed by atoms with Crippen LogP contribution >= 0.6 is 0 Å². The Morgan fingerprint density at radius 3 is 2.96 bits per heavy atom. The van der Waals surface area contributed by atoms with E-state index in [0.717, 1.165) is 26.1 Å². The first-order valence-corrected chi connectivity index (χ1v) is 9.60. The molecule has 0 unspecified atom stereocenters. The lowest BCUT2D eigenvalue weighted by Gasteiger charge is -2.36. The molecule has 2 aromatic rings. The van der Waals surface area contributed by atoms with Crippen LogP contribution in [-0.2, 0) is 16.1 Å². The van der Waals surface area contributed by atoms with Crippen molar-refractivity contribution in [1.29, 1.82) is 0 Å². The third kappa shape index (κ3) is 3.75. The van der Waals surface area contributed by atoms with Crippen LogP contribution in [0.25, 0.3) is 10.9 Å². The number of morpholine rings is 1. The summed E-state index contributed by atoms with van der Waals surface area (Å²) < 4.78 is 7.32. The molecule has 0 spiro atoms. The van der Waals surface area contributed by atoms with Gasteiger partial charge in [0.25, 0.3) is 5.56 Å². The number of nitrogens with one attached hydrogen (secondary N) is 1. The van der Waals surface area contributed by atoms with Crippen LogP contribution in [0.4, 0.5) is 0 Å². The number of hydrogen-bond donors (Lipinski definition) is 1. The van der Waals surface area contributed by atoms with Gasteiger partial charge in [0.1, 0.15) is 6.54 Å². The predicted molar refractivity (Wildman–Crippen MR) is 102 cm³/mol. The van der Waals surface area contributed by atoms with E-state index < -0.39 is 0 Å². The van der Waals surface area contributed by atoms with E-state index in [0.29, 0.717) is 22.9 Å². The average Bonchev–Trinajstić information content (AvgIpc) is 3.05. The number of carbonyl (C=O) groups is 1. The molecule has 0 radical (unpaired) electrons. The fraction of sp³-hybridized carbons (Fsp3) is 0.550. The third-order valence-electron chi connectivity index (χ3n) is 5.60. The number of rotatable bonds is 4. The summed E-state index contributed by atoms with van der Waals surface area (Å²) >= 11 is 0. The van der Waals surface area contributed by atoms with Crippen LogP contribution < -0.4 is 10.9 Å². The van der Waals surface area contributed by atoms with E-state index >= 15 is 0 Å². The number of amides is 1. The molecule has 7 heteroatoms. The van der Waals surface area contributed by atoms with Gasteiger partial charge in [-0.2, -0.15) is 0 Å². The molecule has 27 heavy (non-hydrogen) atoms. The highest BCUT2D eigenvalue weighted by Crippen LogP contribution is 2.25. The highest BCUT2D eigenvalue weighted by Gasteiger charge is 2.38. The van der Waals surface area contributed by atoms with Crippen LogP contribution in [0, 0.1) is 5.92 Å². The first-order chi connectivity index (χ1) is 13.0. The van der Waals surface area contributed by atoms with Crippen molar-refractivity contribution in [1.82, 2.24) is 19.8 Å². The Balaban J connectivity index is 1.38. The molecule has 3 heterocycles. The lowest BCUT2D eigenvalue weighted by atomic mass is 10.0. The molecule has 2 fully saturated rings. The SMILES string of the molecule is CC(C)[C@H]1CN2C[C@H](NC(=O)Cn3cnc4ccccc4c3=O)C[C@H]2CO1. The third-order valence-corrected chi connectivity index (χ3v) is 5.60. The van der Waals surface area contributed by atoms with Gasteiger partial charge in [0.05, 0.1) is 29.9 Å². The summed E-state index contributed by atoms with van der Waals surface area (Å²) in [5, 5.41) is 3.61. The molecule has 0 bridgehead atoms. The van der Waals surface area contributed by atoms with E-state index in [2.05, 4.69) is 29.0 Å². The minimum atomic E-state index is -0.187. The standard InChI is InChI=1S/C20H26N4O3/c1-13(2)18-9-23-8-14(7-15(23)11-27-18)22-19(25)10-24-12-21-17-6-4-3-5-16(17)20(24)26/h3-6,12-15,18H,7-11H2,1-2H3,(H,22,25)/t14-,15+,18-/m1/s1. The minimum absolute atomic E-state index is 0.0110. The van der Waals surface area contributed by atoms with Crippen LogP contribution in [0.3, 0.4) is 0 Å². The maximum absolute atomic E-state index is 12.5. The summed E-state index contributed by atoms with van der Waals surface area (Å²) in [6.07, 6.45) is 2.60. The number of nitrogens with zero attached hydrogens (tertiary/aromatic N) is 3. The van der Waals surface area contributed by atoms with Gasteiger partial charge in [-0.25, -0.2) is 4.98 Å². The Morgan fingerprint density at radius 2 is 2.15 bits per heavy atom. The van der Waals surface area contributed by atoms with Gasteiger partial charge < -0.3 is 10.1 Å². The molecule has 7 nitrogen and oxygen atoms in total. The fourth-order valence-electron chi connectivity index (χ4n) is 4.05. The Hall–Kier alpha value is -2.25. The van der Waals surface area contributed by atoms with Gasteiger partial charge in [0.15, 0.2) is 0 Å². The zero-order valence-corrected chi connectivity index (χ0v) is 15.8. The lowest BCUT2D eigenvalue weighted by Crippen LogP contribution is -2.48. The van der Waals surface area contributed by atoms with E-state index in [1.54, 1.807) is 18.2 Å². The van der Waals surface area contributed by atoms with Gasteiger partial charge in [-0.15, -0.1) is 0 Å². The molecule has 4 rings (SSSR count). The first kappa shape index (κ1) is 18.1. The van der Waals surface area contributed by atoms with Crippen molar-refractivity contribution in [3.05, 3.63) is 40.9 Å². The molecular weight excluding hydrogens is 344 g/mol. The zero-order valence-electron chi connectivity index (χ0n) is 15.8. The molecule has 2 aliphatic heterocycles. The van der Waals surface area contributed by atoms with Crippen molar-refractivity contribution in [2.45, 2.75) is 45.0 Å². The number of carbonyl (C=O) groups excluding carboxylic acids is 1. The molecule has 2 aliphatic rings. The number of para-hydroxylation sites is 1. The Morgan fingerprint density at radius 1 is 1.33 bits per heavy atom. The Labute approximate surface area is 158 Å². The van der Waals surface area contributed by atoms with Crippen molar-refractivity contribution in [3.8, 4) is 0 Å². The number of benzene rings is 1. The second-order valence-corrected chi connectivity index (χ2v) is 7.92. The maximum atomic E-state index is 12.5. The van der Waals surface area contributed by atoms with Crippen LogP contribution in [0.15, 0.2) is 35.4 Å². The quantitative estimate of drug-likeness (QED) is 0.869. The number of hydrogen-bond acceptors (Lipinski definition) is 5. The van der Waals surface area contributed by atoms with Gasteiger partial charge in [-0.3, -0.25) is 19.1 Å². The summed E-state index contributed by atoms with van der Waals surface area (Å²) in [5.41, 5.74) is 0.458. The first-order valence-electron chi connectivity index (χ1n) is 9.60. The molecule has 1 amide bonds. The van der Waals surface area contributed by atoms with E-state index in [-0.39, 0.29) is 30.2 Å².